The van der Waals surface area contributed by atoms with Gasteiger partial charge in [0.25, 0.3) is 0 Å². The average molecular weight is 259 g/mol. The van der Waals surface area contributed by atoms with E-state index in [0.717, 1.165) is 11.3 Å². The molecule has 0 saturated heterocycles. The van der Waals surface area contributed by atoms with E-state index < -0.39 is 0 Å². The van der Waals surface area contributed by atoms with Crippen LogP contribution in [0.25, 0.3) is 11.3 Å². The maximum absolute atomic E-state index is 11.2. The zero-order valence-electron chi connectivity index (χ0n) is 10.8. The molecule has 2 rings (SSSR count). The summed E-state index contributed by atoms with van der Waals surface area (Å²) in [7, 11) is 0. The minimum atomic E-state index is -0.149. The molecule has 6 heteroatoms. The fourth-order valence-electron chi connectivity index (χ4n) is 1.67. The molecule has 0 fully saturated rings. The Bertz CT molecular complexity index is 523. The Balaban J connectivity index is 1.86. The molecule has 2 amide bonds. The molecule has 100 valence electrons. The van der Waals surface area contributed by atoms with Gasteiger partial charge in [-0.3, -0.25) is 9.67 Å². The van der Waals surface area contributed by atoms with Crippen molar-refractivity contribution in [2.75, 3.05) is 13.1 Å². The van der Waals surface area contributed by atoms with Gasteiger partial charge in [-0.05, 0) is 25.1 Å². The van der Waals surface area contributed by atoms with Crippen LogP contribution in [0.15, 0.2) is 36.8 Å². The normalized spacial score (nSPS) is 10.2. The van der Waals surface area contributed by atoms with Crippen molar-refractivity contribution in [3.8, 4) is 11.3 Å². The summed E-state index contributed by atoms with van der Waals surface area (Å²) in [4.78, 5) is 15.2. The first-order chi connectivity index (χ1) is 9.29. The van der Waals surface area contributed by atoms with E-state index in [1.807, 2.05) is 36.0 Å². The summed E-state index contributed by atoms with van der Waals surface area (Å²) in [5.41, 5.74) is 1.94. The van der Waals surface area contributed by atoms with Crippen molar-refractivity contribution in [3.05, 3.63) is 36.8 Å². The summed E-state index contributed by atoms with van der Waals surface area (Å²) >= 11 is 0. The van der Waals surface area contributed by atoms with Crippen molar-refractivity contribution in [2.24, 2.45) is 0 Å². The molecule has 0 aromatic carbocycles. The van der Waals surface area contributed by atoms with Gasteiger partial charge < -0.3 is 10.6 Å². The third kappa shape index (κ3) is 3.80. The molecule has 0 radical (unpaired) electrons. The number of carbonyl (C=O) groups is 1. The van der Waals surface area contributed by atoms with Crippen molar-refractivity contribution in [1.82, 2.24) is 25.4 Å². The Morgan fingerprint density at radius 1 is 1.26 bits per heavy atom. The largest absolute Gasteiger partial charge is 0.338 e. The molecule has 0 saturated carbocycles. The van der Waals surface area contributed by atoms with Gasteiger partial charge in [0.1, 0.15) is 0 Å². The molecule has 2 heterocycles. The number of nitrogens with one attached hydrogen (secondary N) is 2. The van der Waals surface area contributed by atoms with E-state index in [-0.39, 0.29) is 6.03 Å². The molecule has 0 aliphatic heterocycles. The summed E-state index contributed by atoms with van der Waals surface area (Å²) in [5, 5.41) is 9.88. The van der Waals surface area contributed by atoms with Crippen LogP contribution in [0.5, 0.6) is 0 Å². The van der Waals surface area contributed by atoms with E-state index in [9.17, 15) is 4.79 Å². The van der Waals surface area contributed by atoms with Gasteiger partial charge in [0.05, 0.1) is 12.2 Å². The number of aromatic nitrogens is 3. The molecule has 19 heavy (non-hydrogen) atoms. The molecule has 0 bridgehead atoms. The maximum atomic E-state index is 11.2. The molecule has 2 aromatic rings. The molecule has 6 nitrogen and oxygen atoms in total. The van der Waals surface area contributed by atoms with Gasteiger partial charge in [-0.2, -0.15) is 5.10 Å². The summed E-state index contributed by atoms with van der Waals surface area (Å²) in [6.45, 7) is 3.69. The highest BCUT2D eigenvalue weighted by Gasteiger charge is 2.02. The van der Waals surface area contributed by atoms with E-state index >= 15 is 0 Å². The minimum Gasteiger partial charge on any atom is -0.338 e. The second-order valence-corrected chi connectivity index (χ2v) is 3.99. The molecule has 0 spiro atoms. The Hall–Kier alpha value is -2.37. The number of carbonyl (C=O) groups excluding carboxylic acids is 1. The van der Waals surface area contributed by atoms with E-state index in [1.54, 1.807) is 12.4 Å². The SMILES string of the molecule is CCNC(=O)NCCn1ccc(-c2ccncc2)n1. The molecule has 2 N–H and O–H groups in total. The fourth-order valence-corrected chi connectivity index (χ4v) is 1.67. The van der Waals surface area contributed by atoms with Crippen LogP contribution < -0.4 is 10.6 Å². The van der Waals surface area contributed by atoms with Crippen LogP contribution in [0.4, 0.5) is 4.79 Å². The zero-order chi connectivity index (χ0) is 13.5. The number of urea groups is 1. The highest BCUT2D eigenvalue weighted by atomic mass is 16.2. The second kappa shape index (κ2) is 6.53. The van der Waals surface area contributed by atoms with Gasteiger partial charge in [-0.1, -0.05) is 0 Å². The van der Waals surface area contributed by atoms with Crippen molar-refractivity contribution in [1.29, 1.82) is 0 Å². The van der Waals surface area contributed by atoms with Crippen LogP contribution in [0.3, 0.4) is 0 Å². The molecule has 0 unspecified atom stereocenters. The van der Waals surface area contributed by atoms with Gasteiger partial charge in [-0.15, -0.1) is 0 Å². The molecule has 0 aliphatic rings. The summed E-state index contributed by atoms with van der Waals surface area (Å²) in [5.74, 6) is 0. The monoisotopic (exact) mass is 259 g/mol. The smallest absolute Gasteiger partial charge is 0.314 e. The molecule has 0 aliphatic carbocycles. The third-order valence-electron chi connectivity index (χ3n) is 2.58. The number of pyridine rings is 1. The van der Waals surface area contributed by atoms with Gasteiger partial charge in [0.15, 0.2) is 0 Å². The fraction of sp³-hybridized carbons (Fsp3) is 0.308. The Morgan fingerprint density at radius 2 is 2.05 bits per heavy atom. The van der Waals surface area contributed by atoms with Gasteiger partial charge in [0, 0.05) is 37.2 Å². The van der Waals surface area contributed by atoms with E-state index in [0.29, 0.717) is 19.6 Å². The minimum absolute atomic E-state index is 0.149. The predicted molar refractivity (Wildman–Crippen MR) is 72.5 cm³/mol. The summed E-state index contributed by atoms with van der Waals surface area (Å²) in [6, 6.07) is 5.63. The first kappa shape index (κ1) is 13.1. The number of amides is 2. The highest BCUT2D eigenvalue weighted by molar-refractivity contribution is 5.73. The number of nitrogens with zero attached hydrogens (tertiary/aromatic N) is 3. The quantitative estimate of drug-likeness (QED) is 0.849. The zero-order valence-corrected chi connectivity index (χ0v) is 10.8. The van der Waals surface area contributed by atoms with Crippen LogP contribution in [0, 0.1) is 0 Å². The summed E-state index contributed by atoms with van der Waals surface area (Å²) in [6.07, 6.45) is 5.38. The Kier molecular flexibility index (Phi) is 4.49. The Labute approximate surface area is 111 Å². The average Bonchev–Trinajstić information content (AvgIpc) is 2.89. The lowest BCUT2D eigenvalue weighted by Crippen LogP contribution is -2.37. The van der Waals surface area contributed by atoms with Gasteiger partial charge in [-0.25, -0.2) is 4.79 Å². The summed E-state index contributed by atoms with van der Waals surface area (Å²) < 4.78 is 1.81. The first-order valence-corrected chi connectivity index (χ1v) is 6.25. The second-order valence-electron chi connectivity index (χ2n) is 3.99. The van der Waals surface area contributed by atoms with Crippen LogP contribution in [-0.2, 0) is 6.54 Å². The Morgan fingerprint density at radius 3 is 2.79 bits per heavy atom. The van der Waals surface area contributed by atoms with Crippen molar-refractivity contribution in [2.45, 2.75) is 13.5 Å². The molecule has 0 atom stereocenters. The van der Waals surface area contributed by atoms with Crippen LogP contribution in [0.1, 0.15) is 6.92 Å². The number of rotatable bonds is 5. The lowest BCUT2D eigenvalue weighted by Gasteiger charge is -2.05. The highest BCUT2D eigenvalue weighted by Crippen LogP contribution is 2.14. The van der Waals surface area contributed by atoms with E-state index in [1.165, 1.54) is 0 Å². The van der Waals surface area contributed by atoms with E-state index in [2.05, 4.69) is 20.7 Å². The topological polar surface area (TPSA) is 71.8 Å². The lowest BCUT2D eigenvalue weighted by molar-refractivity contribution is 0.241. The van der Waals surface area contributed by atoms with Crippen LogP contribution in [0.2, 0.25) is 0 Å². The van der Waals surface area contributed by atoms with Crippen molar-refractivity contribution < 1.29 is 4.79 Å². The number of hydrogen-bond acceptors (Lipinski definition) is 3. The first-order valence-electron chi connectivity index (χ1n) is 6.25. The van der Waals surface area contributed by atoms with Crippen LogP contribution >= 0.6 is 0 Å². The van der Waals surface area contributed by atoms with Gasteiger partial charge in [0.2, 0.25) is 0 Å². The van der Waals surface area contributed by atoms with Crippen molar-refractivity contribution >= 4 is 6.03 Å². The maximum Gasteiger partial charge on any atom is 0.314 e. The van der Waals surface area contributed by atoms with E-state index in [4.69, 9.17) is 0 Å². The predicted octanol–water partition coefficient (Wildman–Crippen LogP) is 1.26. The number of hydrogen-bond donors (Lipinski definition) is 2. The lowest BCUT2D eigenvalue weighted by atomic mass is 10.2. The molecular formula is C13H17N5O. The van der Waals surface area contributed by atoms with Gasteiger partial charge >= 0.3 is 6.03 Å². The molecular weight excluding hydrogens is 242 g/mol. The third-order valence-corrected chi connectivity index (χ3v) is 2.58. The van der Waals surface area contributed by atoms with Crippen molar-refractivity contribution in [3.63, 3.8) is 0 Å². The molecule has 2 aromatic heterocycles. The standard InChI is InChI=1S/C13H17N5O/c1-2-15-13(19)16-8-10-18-9-5-12(17-18)11-3-6-14-7-4-11/h3-7,9H,2,8,10H2,1H3,(H2,15,16,19). The van der Waals surface area contributed by atoms with Crippen LogP contribution in [-0.4, -0.2) is 33.9 Å².